The standard InChI is InChI=1S/C15H13NO3/c1-18-9-6-7-10-11-4-2-3-5-13(11)19-14(15(16)17)12(10)8-9/h2-8,13H,1H3,(H2,16,17). The summed E-state index contributed by atoms with van der Waals surface area (Å²) in [6, 6.07) is 5.55. The van der Waals surface area contributed by atoms with E-state index in [9.17, 15) is 4.79 Å². The zero-order chi connectivity index (χ0) is 13.4. The lowest BCUT2D eigenvalue weighted by Crippen LogP contribution is -2.41. The minimum atomic E-state index is -0.573. The van der Waals surface area contributed by atoms with Crippen LogP contribution in [0, 0.1) is 0 Å². The number of allylic oxidation sites excluding steroid dienone is 2. The Morgan fingerprint density at radius 3 is 2.89 bits per heavy atom. The number of hydrogen-bond acceptors (Lipinski definition) is 3. The van der Waals surface area contributed by atoms with Gasteiger partial charge in [0.15, 0.2) is 5.76 Å². The van der Waals surface area contributed by atoms with Gasteiger partial charge in [-0.1, -0.05) is 24.3 Å². The molecule has 0 aromatic heterocycles. The van der Waals surface area contributed by atoms with E-state index < -0.39 is 5.91 Å². The maximum atomic E-state index is 11.6. The quantitative estimate of drug-likeness (QED) is 0.807. The van der Waals surface area contributed by atoms with Crippen LogP contribution >= 0.6 is 0 Å². The molecule has 0 spiro atoms. The van der Waals surface area contributed by atoms with E-state index >= 15 is 0 Å². The number of carbonyl (C=O) groups is 1. The van der Waals surface area contributed by atoms with Crippen LogP contribution in [0.4, 0.5) is 0 Å². The van der Waals surface area contributed by atoms with Gasteiger partial charge in [-0.3, -0.25) is 4.79 Å². The predicted octanol–water partition coefficient (Wildman–Crippen LogP) is -0.0358. The Balaban J connectivity index is 2.40. The highest BCUT2D eigenvalue weighted by atomic mass is 16.5. The second-order valence-corrected chi connectivity index (χ2v) is 4.34. The van der Waals surface area contributed by atoms with Gasteiger partial charge in [0.05, 0.1) is 7.11 Å². The topological polar surface area (TPSA) is 61.5 Å². The fourth-order valence-corrected chi connectivity index (χ4v) is 2.34. The molecule has 4 heteroatoms. The fraction of sp³-hybridized carbons (Fsp3) is 0.133. The van der Waals surface area contributed by atoms with E-state index in [1.165, 1.54) is 0 Å². The normalized spacial score (nSPS) is 19.5. The van der Waals surface area contributed by atoms with Crippen molar-refractivity contribution in [3.8, 4) is 5.75 Å². The van der Waals surface area contributed by atoms with E-state index in [0.29, 0.717) is 11.0 Å². The molecule has 1 atom stereocenters. The van der Waals surface area contributed by atoms with Crippen LogP contribution in [0.1, 0.15) is 0 Å². The Labute approximate surface area is 110 Å². The molecule has 19 heavy (non-hydrogen) atoms. The van der Waals surface area contributed by atoms with Crippen molar-refractivity contribution in [2.75, 3.05) is 7.11 Å². The van der Waals surface area contributed by atoms with E-state index in [2.05, 4.69) is 0 Å². The molecular formula is C15H13NO3. The minimum absolute atomic E-state index is 0.183. The lowest BCUT2D eigenvalue weighted by molar-refractivity contribution is -0.115. The molecule has 1 amide bonds. The van der Waals surface area contributed by atoms with Crippen molar-refractivity contribution in [2.45, 2.75) is 6.10 Å². The summed E-state index contributed by atoms with van der Waals surface area (Å²) in [5.41, 5.74) is 6.42. The van der Waals surface area contributed by atoms with Gasteiger partial charge in [-0.05, 0) is 23.4 Å². The van der Waals surface area contributed by atoms with Gasteiger partial charge in [0, 0.05) is 10.8 Å². The molecule has 4 nitrogen and oxygen atoms in total. The first-order valence-electron chi connectivity index (χ1n) is 5.94. The van der Waals surface area contributed by atoms with Crippen molar-refractivity contribution in [3.05, 3.63) is 52.9 Å². The summed E-state index contributed by atoms with van der Waals surface area (Å²) in [5, 5.41) is 1.63. The molecule has 1 heterocycles. The molecule has 1 unspecified atom stereocenters. The molecule has 0 fully saturated rings. The first-order chi connectivity index (χ1) is 9.20. The van der Waals surface area contributed by atoms with Crippen LogP contribution in [-0.4, -0.2) is 19.1 Å². The molecular weight excluding hydrogens is 242 g/mol. The van der Waals surface area contributed by atoms with Gasteiger partial charge in [0.2, 0.25) is 0 Å². The lowest BCUT2D eigenvalue weighted by atomic mass is 9.97. The molecule has 1 aliphatic carbocycles. The zero-order valence-corrected chi connectivity index (χ0v) is 10.4. The van der Waals surface area contributed by atoms with Crippen molar-refractivity contribution in [1.29, 1.82) is 0 Å². The van der Waals surface area contributed by atoms with Gasteiger partial charge in [-0.25, -0.2) is 0 Å². The Morgan fingerprint density at radius 2 is 2.16 bits per heavy atom. The summed E-state index contributed by atoms with van der Waals surface area (Å²) in [6.45, 7) is 0. The average molecular weight is 255 g/mol. The van der Waals surface area contributed by atoms with Crippen LogP contribution < -0.4 is 20.9 Å². The molecule has 96 valence electrons. The molecule has 2 N–H and O–H groups in total. The maximum Gasteiger partial charge on any atom is 0.284 e. The number of primary amides is 1. The van der Waals surface area contributed by atoms with E-state index in [1.807, 2.05) is 36.4 Å². The number of amides is 1. The number of carbonyl (C=O) groups excluding carboxylic acids is 1. The van der Waals surface area contributed by atoms with E-state index in [-0.39, 0.29) is 11.9 Å². The first kappa shape index (κ1) is 11.6. The second kappa shape index (κ2) is 4.31. The number of fused-ring (bicyclic) bond motifs is 2. The van der Waals surface area contributed by atoms with Crippen LogP contribution in [0.25, 0.3) is 11.3 Å². The number of nitrogens with two attached hydrogens (primary N) is 1. The van der Waals surface area contributed by atoms with Gasteiger partial charge >= 0.3 is 0 Å². The molecule has 1 aliphatic heterocycles. The number of hydrogen-bond donors (Lipinski definition) is 1. The van der Waals surface area contributed by atoms with Gasteiger partial charge in [0.1, 0.15) is 11.9 Å². The highest BCUT2D eigenvalue weighted by Crippen LogP contribution is 2.20. The van der Waals surface area contributed by atoms with Crippen LogP contribution in [0.5, 0.6) is 5.75 Å². The highest BCUT2D eigenvalue weighted by Gasteiger charge is 2.23. The number of rotatable bonds is 2. The highest BCUT2D eigenvalue weighted by molar-refractivity contribution is 6.10. The summed E-state index contributed by atoms with van der Waals surface area (Å²) < 4.78 is 10.9. The average Bonchev–Trinajstić information content (AvgIpc) is 2.45. The predicted molar refractivity (Wildman–Crippen MR) is 71.4 cm³/mol. The second-order valence-electron chi connectivity index (χ2n) is 4.34. The van der Waals surface area contributed by atoms with Crippen molar-refractivity contribution in [2.24, 2.45) is 5.73 Å². The van der Waals surface area contributed by atoms with E-state index in [0.717, 1.165) is 10.8 Å². The van der Waals surface area contributed by atoms with Crippen LogP contribution in [-0.2, 0) is 9.53 Å². The summed E-state index contributed by atoms with van der Waals surface area (Å²) in [4.78, 5) is 11.6. The van der Waals surface area contributed by atoms with Gasteiger partial charge in [-0.2, -0.15) is 0 Å². The van der Waals surface area contributed by atoms with Crippen LogP contribution in [0.3, 0.4) is 0 Å². The summed E-state index contributed by atoms with van der Waals surface area (Å²) in [6.07, 6.45) is 7.45. The third-order valence-electron chi connectivity index (χ3n) is 3.23. The van der Waals surface area contributed by atoms with Gasteiger partial charge < -0.3 is 15.2 Å². The molecule has 0 saturated heterocycles. The lowest BCUT2D eigenvalue weighted by Gasteiger charge is -2.24. The van der Waals surface area contributed by atoms with Crippen molar-refractivity contribution >= 4 is 17.2 Å². The summed E-state index contributed by atoms with van der Waals surface area (Å²) >= 11 is 0. The maximum absolute atomic E-state index is 11.6. The summed E-state index contributed by atoms with van der Waals surface area (Å²) in [5.74, 6) is 0.273. The molecule has 1 aromatic carbocycles. The number of methoxy groups -OCH3 is 1. The monoisotopic (exact) mass is 255 g/mol. The minimum Gasteiger partial charge on any atom is -0.497 e. The van der Waals surface area contributed by atoms with Crippen LogP contribution in [0.2, 0.25) is 0 Å². The molecule has 0 radical (unpaired) electrons. The van der Waals surface area contributed by atoms with Crippen molar-refractivity contribution < 1.29 is 14.3 Å². The number of benzene rings is 1. The molecule has 0 saturated carbocycles. The van der Waals surface area contributed by atoms with E-state index in [4.69, 9.17) is 15.2 Å². The first-order valence-corrected chi connectivity index (χ1v) is 5.94. The Bertz CT molecular complexity index is 728. The Hall–Kier alpha value is -2.49. The zero-order valence-electron chi connectivity index (χ0n) is 10.4. The fourth-order valence-electron chi connectivity index (χ4n) is 2.34. The third kappa shape index (κ3) is 1.81. The third-order valence-corrected chi connectivity index (χ3v) is 3.23. The van der Waals surface area contributed by atoms with Gasteiger partial charge in [0.25, 0.3) is 5.91 Å². The molecule has 2 aliphatic rings. The Morgan fingerprint density at radius 1 is 1.32 bits per heavy atom. The number of ether oxygens (including phenoxy) is 2. The molecule has 1 aromatic rings. The SMILES string of the molecule is COc1ccc2c(c1)=C(C(N)=O)OC1C=CC=CC=21. The summed E-state index contributed by atoms with van der Waals surface area (Å²) in [7, 11) is 1.58. The molecule has 3 rings (SSSR count). The molecule has 0 bridgehead atoms. The smallest absolute Gasteiger partial charge is 0.284 e. The van der Waals surface area contributed by atoms with Crippen LogP contribution in [0.15, 0.2) is 42.5 Å². The Kier molecular flexibility index (Phi) is 2.63. The van der Waals surface area contributed by atoms with Gasteiger partial charge in [-0.15, -0.1) is 0 Å². The largest absolute Gasteiger partial charge is 0.497 e. The van der Waals surface area contributed by atoms with Crippen molar-refractivity contribution in [1.82, 2.24) is 0 Å². The van der Waals surface area contributed by atoms with E-state index in [1.54, 1.807) is 13.2 Å². The van der Waals surface area contributed by atoms with Crippen molar-refractivity contribution in [3.63, 3.8) is 0 Å².